The lowest BCUT2D eigenvalue weighted by Gasteiger charge is -2.21. The third kappa shape index (κ3) is 5.47. The fourth-order valence-corrected chi connectivity index (χ4v) is 1.86. The molecule has 0 aromatic carbocycles. The molecular formula is C12H24N2O2. The molecule has 1 aliphatic rings. The number of nitrogens with zero attached hydrogens (tertiary/aromatic N) is 1. The van der Waals surface area contributed by atoms with Gasteiger partial charge in [0.05, 0.1) is 0 Å². The highest BCUT2D eigenvalue weighted by atomic mass is 16.4. The molecule has 0 aliphatic heterocycles. The van der Waals surface area contributed by atoms with Crippen LogP contribution in [0.1, 0.15) is 33.1 Å². The van der Waals surface area contributed by atoms with Gasteiger partial charge in [-0.25, -0.2) is 0 Å². The Morgan fingerprint density at radius 2 is 2.12 bits per heavy atom. The summed E-state index contributed by atoms with van der Waals surface area (Å²) in [6, 6.07) is -0.198. The van der Waals surface area contributed by atoms with Gasteiger partial charge in [0.15, 0.2) is 0 Å². The van der Waals surface area contributed by atoms with Crippen LogP contribution < -0.4 is 5.32 Å². The Morgan fingerprint density at radius 3 is 2.56 bits per heavy atom. The van der Waals surface area contributed by atoms with Crippen molar-refractivity contribution in [1.82, 2.24) is 10.2 Å². The largest absolute Gasteiger partial charge is 0.480 e. The SMILES string of the molecule is CC(C)NC(CCN(C)CC1CC1)C(=O)O. The van der Waals surface area contributed by atoms with Crippen molar-refractivity contribution < 1.29 is 9.90 Å². The van der Waals surface area contributed by atoms with E-state index in [1.54, 1.807) is 0 Å². The molecule has 0 aromatic heterocycles. The van der Waals surface area contributed by atoms with Crippen LogP contribution in [0.15, 0.2) is 0 Å². The zero-order chi connectivity index (χ0) is 12.1. The van der Waals surface area contributed by atoms with Gasteiger partial charge in [-0.2, -0.15) is 0 Å². The normalized spacial score (nSPS) is 18.1. The summed E-state index contributed by atoms with van der Waals surface area (Å²) < 4.78 is 0. The van der Waals surface area contributed by atoms with Crippen molar-refractivity contribution >= 4 is 5.97 Å². The molecule has 0 amide bonds. The number of aliphatic carboxylic acids is 1. The summed E-state index contributed by atoms with van der Waals surface area (Å²) in [4.78, 5) is 13.2. The van der Waals surface area contributed by atoms with E-state index in [0.29, 0.717) is 6.42 Å². The maximum absolute atomic E-state index is 11.0. The van der Waals surface area contributed by atoms with E-state index in [1.165, 1.54) is 12.8 Å². The van der Waals surface area contributed by atoms with Crippen LogP contribution in [0.4, 0.5) is 0 Å². The lowest BCUT2D eigenvalue weighted by molar-refractivity contribution is -0.139. The first-order chi connectivity index (χ1) is 7.49. The maximum Gasteiger partial charge on any atom is 0.320 e. The third-order valence-corrected chi connectivity index (χ3v) is 2.90. The zero-order valence-corrected chi connectivity index (χ0v) is 10.6. The number of rotatable bonds is 8. The second kappa shape index (κ2) is 6.21. The summed E-state index contributed by atoms with van der Waals surface area (Å²) >= 11 is 0. The highest BCUT2D eigenvalue weighted by Crippen LogP contribution is 2.29. The highest BCUT2D eigenvalue weighted by molar-refractivity contribution is 5.73. The number of hydrogen-bond donors (Lipinski definition) is 2. The Labute approximate surface area is 98.0 Å². The number of hydrogen-bond acceptors (Lipinski definition) is 3. The molecule has 0 bridgehead atoms. The first kappa shape index (κ1) is 13.5. The summed E-state index contributed by atoms with van der Waals surface area (Å²) in [6.07, 6.45) is 3.37. The molecule has 0 spiro atoms. The average molecular weight is 228 g/mol. The van der Waals surface area contributed by atoms with Gasteiger partial charge in [-0.15, -0.1) is 0 Å². The maximum atomic E-state index is 11.0. The summed E-state index contributed by atoms with van der Waals surface area (Å²) in [5.41, 5.74) is 0. The van der Waals surface area contributed by atoms with Crippen molar-refractivity contribution in [3.8, 4) is 0 Å². The lowest BCUT2D eigenvalue weighted by Crippen LogP contribution is -2.42. The van der Waals surface area contributed by atoms with Crippen LogP contribution in [0.25, 0.3) is 0 Å². The van der Waals surface area contributed by atoms with Gasteiger partial charge in [-0.05, 0) is 38.8 Å². The van der Waals surface area contributed by atoms with Crippen molar-refractivity contribution in [1.29, 1.82) is 0 Å². The number of carboxylic acid groups (broad SMARTS) is 1. The van der Waals surface area contributed by atoms with Gasteiger partial charge in [0.1, 0.15) is 6.04 Å². The van der Waals surface area contributed by atoms with Gasteiger partial charge in [-0.1, -0.05) is 13.8 Å². The molecule has 0 radical (unpaired) electrons. The van der Waals surface area contributed by atoms with Gasteiger partial charge in [0, 0.05) is 12.6 Å². The minimum absolute atomic E-state index is 0.217. The van der Waals surface area contributed by atoms with E-state index in [1.807, 2.05) is 13.8 Å². The first-order valence-electron chi connectivity index (χ1n) is 6.16. The standard InChI is InChI=1S/C12H24N2O2/c1-9(2)13-11(12(15)16)6-7-14(3)8-10-4-5-10/h9-11,13H,4-8H2,1-3H3,(H,15,16). The molecule has 1 rings (SSSR count). The van der Waals surface area contributed by atoms with Crippen molar-refractivity contribution in [3.05, 3.63) is 0 Å². The number of nitrogens with one attached hydrogen (secondary N) is 1. The van der Waals surface area contributed by atoms with Crippen LogP contribution in [0, 0.1) is 5.92 Å². The molecule has 4 heteroatoms. The van der Waals surface area contributed by atoms with Crippen LogP contribution >= 0.6 is 0 Å². The third-order valence-electron chi connectivity index (χ3n) is 2.90. The fourth-order valence-electron chi connectivity index (χ4n) is 1.86. The molecule has 1 fully saturated rings. The van der Waals surface area contributed by atoms with Crippen LogP contribution in [-0.2, 0) is 4.79 Å². The molecule has 4 nitrogen and oxygen atoms in total. The van der Waals surface area contributed by atoms with Gasteiger partial charge in [0.25, 0.3) is 0 Å². The minimum atomic E-state index is -0.742. The molecule has 0 heterocycles. The smallest absolute Gasteiger partial charge is 0.320 e. The molecule has 1 saturated carbocycles. The van der Waals surface area contributed by atoms with E-state index >= 15 is 0 Å². The van der Waals surface area contributed by atoms with Gasteiger partial charge < -0.3 is 15.3 Å². The van der Waals surface area contributed by atoms with Crippen molar-refractivity contribution in [3.63, 3.8) is 0 Å². The monoisotopic (exact) mass is 228 g/mol. The second-order valence-corrected chi connectivity index (χ2v) is 5.21. The quantitative estimate of drug-likeness (QED) is 0.655. The Balaban J connectivity index is 2.21. The molecule has 16 heavy (non-hydrogen) atoms. The van der Waals surface area contributed by atoms with Crippen LogP contribution in [0.3, 0.4) is 0 Å². The highest BCUT2D eigenvalue weighted by Gasteiger charge is 2.24. The van der Waals surface area contributed by atoms with Crippen LogP contribution in [0.5, 0.6) is 0 Å². The topological polar surface area (TPSA) is 52.6 Å². The van der Waals surface area contributed by atoms with E-state index in [4.69, 9.17) is 5.11 Å². The summed E-state index contributed by atoms with van der Waals surface area (Å²) in [5.74, 6) is 0.125. The Kier molecular flexibility index (Phi) is 5.22. The van der Waals surface area contributed by atoms with E-state index in [-0.39, 0.29) is 6.04 Å². The molecule has 2 N–H and O–H groups in total. The average Bonchev–Trinajstić information content (AvgIpc) is 2.95. The van der Waals surface area contributed by atoms with Gasteiger partial charge >= 0.3 is 5.97 Å². The number of carbonyl (C=O) groups is 1. The molecular weight excluding hydrogens is 204 g/mol. The molecule has 1 aliphatic carbocycles. The van der Waals surface area contributed by atoms with E-state index in [9.17, 15) is 4.79 Å². The molecule has 0 aromatic rings. The van der Waals surface area contributed by atoms with Crippen molar-refractivity contribution in [2.45, 2.75) is 45.2 Å². The molecule has 94 valence electrons. The lowest BCUT2D eigenvalue weighted by atomic mass is 10.1. The zero-order valence-electron chi connectivity index (χ0n) is 10.6. The van der Waals surface area contributed by atoms with E-state index in [2.05, 4.69) is 17.3 Å². The second-order valence-electron chi connectivity index (χ2n) is 5.21. The Bertz CT molecular complexity index is 227. The Morgan fingerprint density at radius 1 is 1.50 bits per heavy atom. The Hall–Kier alpha value is -0.610. The first-order valence-corrected chi connectivity index (χ1v) is 6.16. The van der Waals surface area contributed by atoms with Gasteiger partial charge in [0.2, 0.25) is 0 Å². The van der Waals surface area contributed by atoms with Crippen LogP contribution in [0.2, 0.25) is 0 Å². The van der Waals surface area contributed by atoms with Crippen LogP contribution in [-0.4, -0.2) is 48.2 Å². The molecule has 0 saturated heterocycles. The fraction of sp³-hybridized carbons (Fsp3) is 0.917. The summed E-state index contributed by atoms with van der Waals surface area (Å²) in [5, 5.41) is 12.1. The predicted octanol–water partition coefficient (Wildman–Crippen LogP) is 1.17. The summed E-state index contributed by atoms with van der Waals surface area (Å²) in [6.45, 7) is 5.93. The predicted molar refractivity (Wildman–Crippen MR) is 64.5 cm³/mol. The minimum Gasteiger partial charge on any atom is -0.480 e. The summed E-state index contributed by atoms with van der Waals surface area (Å²) in [7, 11) is 2.08. The molecule has 1 atom stereocenters. The van der Waals surface area contributed by atoms with Crippen molar-refractivity contribution in [2.75, 3.05) is 20.1 Å². The van der Waals surface area contributed by atoms with Gasteiger partial charge in [-0.3, -0.25) is 4.79 Å². The van der Waals surface area contributed by atoms with Crippen molar-refractivity contribution in [2.24, 2.45) is 5.92 Å². The van der Waals surface area contributed by atoms with E-state index in [0.717, 1.165) is 19.0 Å². The number of carboxylic acids is 1. The molecule has 1 unspecified atom stereocenters. The van der Waals surface area contributed by atoms with E-state index < -0.39 is 12.0 Å².